The first-order valence-corrected chi connectivity index (χ1v) is 8.35. The molecule has 1 aromatic heterocycles. The van der Waals surface area contributed by atoms with Gasteiger partial charge in [0, 0.05) is 19.0 Å². The molecule has 1 N–H and O–H groups in total. The van der Waals surface area contributed by atoms with Gasteiger partial charge < -0.3 is 14.6 Å². The molecule has 27 heavy (non-hydrogen) atoms. The smallest absolute Gasteiger partial charge is 0.344 e. The summed E-state index contributed by atoms with van der Waals surface area (Å²) in [5.41, 5.74) is 0.435. The van der Waals surface area contributed by atoms with Crippen molar-refractivity contribution in [2.45, 2.75) is 45.5 Å². The van der Waals surface area contributed by atoms with E-state index in [-0.39, 0.29) is 30.9 Å². The molecule has 0 aliphatic rings. The summed E-state index contributed by atoms with van der Waals surface area (Å²) in [6.07, 6.45) is 2.13. The number of aliphatic hydroxyl groups is 1. The van der Waals surface area contributed by atoms with Crippen molar-refractivity contribution < 1.29 is 36.9 Å². The largest absolute Gasteiger partial charge is 0.471 e. The second kappa shape index (κ2) is 11.5. The molecule has 0 aromatic carbocycles. The molecule has 1 rings (SSSR count). The Bertz CT molecular complexity index is 603. The van der Waals surface area contributed by atoms with Crippen molar-refractivity contribution in [1.82, 2.24) is 4.98 Å². The minimum Gasteiger partial charge on any atom is -0.471 e. The van der Waals surface area contributed by atoms with E-state index in [1.165, 1.54) is 32.2 Å². The summed E-state index contributed by atoms with van der Waals surface area (Å²) in [6, 6.07) is 1.53. The topological polar surface area (TPSA) is 68.7 Å². The third kappa shape index (κ3) is 8.85. The molecule has 0 saturated heterocycles. The fraction of sp³-hybridized carbons (Fsp3) is 0.556. The molecule has 1 aromatic rings. The van der Waals surface area contributed by atoms with Crippen LogP contribution in [0, 0.1) is 0 Å². The molecule has 9 heteroatoms. The number of pyridine rings is 1. The molecular formula is C18H25F4NO4. The molecule has 0 aliphatic carbocycles. The molecule has 0 unspecified atom stereocenters. The summed E-state index contributed by atoms with van der Waals surface area (Å²) in [6.45, 7) is 6.17. The first-order chi connectivity index (χ1) is 12.6. The number of ether oxygens (including phenoxy) is 2. The average Bonchev–Trinajstić information content (AvgIpc) is 2.66. The van der Waals surface area contributed by atoms with Gasteiger partial charge in [0.05, 0.1) is 6.61 Å². The van der Waals surface area contributed by atoms with E-state index in [2.05, 4.69) is 11.6 Å². The van der Waals surface area contributed by atoms with Gasteiger partial charge in [-0.25, -0.2) is 27.3 Å². The van der Waals surface area contributed by atoms with Crippen LogP contribution in [0.1, 0.15) is 49.5 Å². The third-order valence-corrected chi connectivity index (χ3v) is 3.33. The fourth-order valence-electron chi connectivity index (χ4n) is 1.53. The van der Waals surface area contributed by atoms with E-state index in [9.17, 15) is 22.4 Å². The Morgan fingerprint density at radius 2 is 1.81 bits per heavy atom. The van der Waals surface area contributed by atoms with E-state index in [4.69, 9.17) is 14.6 Å². The number of aromatic nitrogens is 1. The lowest BCUT2D eigenvalue weighted by molar-refractivity contribution is -0.0522. The van der Waals surface area contributed by atoms with Crippen LogP contribution in [-0.2, 0) is 4.74 Å². The fourth-order valence-corrected chi connectivity index (χ4v) is 1.53. The molecule has 0 saturated carbocycles. The maximum absolute atomic E-state index is 13.2. The van der Waals surface area contributed by atoms with Crippen LogP contribution in [0.4, 0.5) is 17.6 Å². The highest BCUT2D eigenvalue weighted by Crippen LogP contribution is 2.25. The van der Waals surface area contributed by atoms with Crippen molar-refractivity contribution in [3.05, 3.63) is 30.0 Å². The second-order valence-electron chi connectivity index (χ2n) is 5.37. The molecule has 0 amide bonds. The quantitative estimate of drug-likeness (QED) is 0.497. The number of esters is 1. The molecule has 5 nitrogen and oxygen atoms in total. The number of hydrogen-bond donors (Lipinski definition) is 1. The molecule has 0 fully saturated rings. The lowest BCUT2D eigenvalue weighted by Crippen LogP contribution is -2.25. The highest BCUT2D eigenvalue weighted by atomic mass is 19.3. The summed E-state index contributed by atoms with van der Waals surface area (Å²) < 4.78 is 59.6. The third-order valence-electron chi connectivity index (χ3n) is 3.33. The van der Waals surface area contributed by atoms with Gasteiger partial charge in [0.1, 0.15) is 12.2 Å². The van der Waals surface area contributed by atoms with Gasteiger partial charge in [-0.15, -0.1) is 0 Å². The number of alkyl halides is 4. The number of aliphatic hydroxyl groups excluding tert-OH is 1. The molecule has 0 atom stereocenters. The number of hydrogen-bond acceptors (Lipinski definition) is 5. The van der Waals surface area contributed by atoms with Gasteiger partial charge in [0.15, 0.2) is 6.61 Å². The molecule has 1 heterocycles. The van der Waals surface area contributed by atoms with E-state index in [0.29, 0.717) is 5.56 Å². The Morgan fingerprint density at radius 1 is 1.22 bits per heavy atom. The Morgan fingerprint density at radius 3 is 2.22 bits per heavy atom. The zero-order valence-electron chi connectivity index (χ0n) is 15.6. The maximum atomic E-state index is 13.2. The minimum atomic E-state index is -2.97. The molecule has 154 valence electrons. The summed E-state index contributed by atoms with van der Waals surface area (Å²) in [5, 5.41) is 7.84. The highest BCUT2D eigenvalue weighted by Gasteiger charge is 2.29. The van der Waals surface area contributed by atoms with Crippen LogP contribution in [0.25, 0.3) is 6.08 Å². The number of carbonyl (C=O) groups is 1. The van der Waals surface area contributed by atoms with Gasteiger partial charge in [0.25, 0.3) is 11.8 Å². The Hall–Kier alpha value is -2.16. The van der Waals surface area contributed by atoms with Crippen LogP contribution in [0.15, 0.2) is 18.8 Å². The van der Waals surface area contributed by atoms with Crippen LogP contribution in [0.5, 0.6) is 5.88 Å². The van der Waals surface area contributed by atoms with Crippen molar-refractivity contribution in [2.75, 3.05) is 19.8 Å². The Labute approximate surface area is 156 Å². The second-order valence-corrected chi connectivity index (χ2v) is 5.37. The number of rotatable bonds is 9. The van der Waals surface area contributed by atoms with Crippen LogP contribution in [0.2, 0.25) is 0 Å². The maximum Gasteiger partial charge on any atom is 0.344 e. The van der Waals surface area contributed by atoms with Crippen LogP contribution in [-0.4, -0.2) is 47.7 Å². The summed E-state index contributed by atoms with van der Waals surface area (Å²) in [4.78, 5) is 15.7. The van der Waals surface area contributed by atoms with Crippen molar-refractivity contribution in [1.29, 1.82) is 0 Å². The lowest BCUT2D eigenvalue weighted by atomic mass is 10.1. The number of nitrogens with zero attached hydrogens (tertiary/aromatic N) is 1. The Balaban J connectivity index is 0.000000821. The van der Waals surface area contributed by atoms with E-state index in [1.54, 1.807) is 6.92 Å². The van der Waals surface area contributed by atoms with Crippen molar-refractivity contribution in [3.63, 3.8) is 0 Å². The van der Waals surface area contributed by atoms with Crippen molar-refractivity contribution in [3.8, 4) is 5.88 Å². The van der Waals surface area contributed by atoms with Crippen LogP contribution < -0.4 is 4.74 Å². The van der Waals surface area contributed by atoms with Gasteiger partial charge in [-0.2, -0.15) is 0 Å². The summed E-state index contributed by atoms with van der Waals surface area (Å²) in [5.74, 6) is -6.68. The molecule has 0 aliphatic heterocycles. The van der Waals surface area contributed by atoms with E-state index < -0.39 is 31.0 Å². The van der Waals surface area contributed by atoms with E-state index in [1.807, 2.05) is 0 Å². The molecule has 0 bridgehead atoms. The number of halogens is 4. The van der Waals surface area contributed by atoms with Gasteiger partial charge in [-0.1, -0.05) is 26.5 Å². The minimum absolute atomic E-state index is 0.0104. The van der Waals surface area contributed by atoms with E-state index in [0.717, 1.165) is 0 Å². The van der Waals surface area contributed by atoms with Crippen molar-refractivity contribution >= 4 is 12.0 Å². The first-order valence-electron chi connectivity index (χ1n) is 8.35. The summed E-state index contributed by atoms with van der Waals surface area (Å²) >= 11 is 0. The predicted octanol–water partition coefficient (Wildman–Crippen LogP) is 4.35. The van der Waals surface area contributed by atoms with Crippen LogP contribution >= 0.6 is 0 Å². The normalized spacial score (nSPS) is 11.3. The first kappa shape index (κ1) is 24.8. The summed E-state index contributed by atoms with van der Waals surface area (Å²) in [7, 11) is 0. The van der Waals surface area contributed by atoms with Gasteiger partial charge in [-0.3, -0.25) is 0 Å². The molecular weight excluding hydrogens is 370 g/mol. The zero-order chi connectivity index (χ0) is 21.1. The van der Waals surface area contributed by atoms with Crippen LogP contribution in [0.3, 0.4) is 0 Å². The average molecular weight is 395 g/mol. The molecule has 0 radical (unpaired) electrons. The van der Waals surface area contributed by atoms with Gasteiger partial charge in [-0.05, 0) is 18.6 Å². The molecule has 0 spiro atoms. The standard InChI is InChI=1S/C14H17F2NO3.C4H8F2O/c1-4-10-7-8-17-12(11(10)13(18)19-6-3)20-9-14(15,16)5-2;1-2-4(5,6)3-7/h4,7-8H,1,5-6,9H2,2-3H3;7H,2-3H2,1H3. The Kier molecular flexibility index (Phi) is 10.6. The monoisotopic (exact) mass is 395 g/mol. The van der Waals surface area contributed by atoms with Gasteiger partial charge >= 0.3 is 5.97 Å². The lowest BCUT2D eigenvalue weighted by Gasteiger charge is -2.16. The van der Waals surface area contributed by atoms with Gasteiger partial charge in [0.2, 0.25) is 5.88 Å². The number of carbonyl (C=O) groups excluding carboxylic acids is 1. The van der Waals surface area contributed by atoms with E-state index >= 15 is 0 Å². The predicted molar refractivity (Wildman–Crippen MR) is 93.3 cm³/mol. The highest BCUT2D eigenvalue weighted by molar-refractivity contribution is 5.95. The SMILES string of the molecule is C=Cc1ccnc(OCC(F)(F)CC)c1C(=O)OCC.CCC(F)(F)CO. The zero-order valence-corrected chi connectivity index (χ0v) is 15.6. The van der Waals surface area contributed by atoms with Crippen molar-refractivity contribution in [2.24, 2.45) is 0 Å².